The van der Waals surface area contributed by atoms with Gasteiger partial charge in [0.05, 0.1) is 6.10 Å². The smallest absolute Gasteiger partial charge is 0.0787 e. The Labute approximate surface area is 81.7 Å². The molecule has 1 aromatic rings. The predicted molar refractivity (Wildman–Crippen MR) is 53.9 cm³/mol. The molecular weight excluding hydrogens is 192 g/mol. The molecule has 12 heavy (non-hydrogen) atoms. The van der Waals surface area contributed by atoms with E-state index in [0.29, 0.717) is 5.02 Å². The Morgan fingerprint density at radius 3 is 2.58 bits per heavy atom. The van der Waals surface area contributed by atoms with E-state index in [1.54, 1.807) is 24.8 Å². The van der Waals surface area contributed by atoms with Crippen molar-refractivity contribution < 1.29 is 5.11 Å². The van der Waals surface area contributed by atoms with E-state index >= 15 is 0 Å². The SMILES string of the molecule is CSc1cccc(Cl)c1C(C)O. The minimum atomic E-state index is -0.499. The quantitative estimate of drug-likeness (QED) is 0.744. The zero-order chi connectivity index (χ0) is 9.14. The van der Waals surface area contributed by atoms with Crippen molar-refractivity contribution in [2.24, 2.45) is 0 Å². The lowest BCUT2D eigenvalue weighted by molar-refractivity contribution is 0.196. The van der Waals surface area contributed by atoms with E-state index in [1.165, 1.54) is 0 Å². The van der Waals surface area contributed by atoms with E-state index in [1.807, 2.05) is 18.4 Å². The van der Waals surface area contributed by atoms with Crippen LogP contribution in [0.5, 0.6) is 0 Å². The second-order valence-electron chi connectivity index (χ2n) is 2.53. The summed E-state index contributed by atoms with van der Waals surface area (Å²) in [5, 5.41) is 10.1. The zero-order valence-corrected chi connectivity index (χ0v) is 8.62. The van der Waals surface area contributed by atoms with E-state index in [0.717, 1.165) is 10.5 Å². The number of benzene rings is 1. The molecule has 1 unspecified atom stereocenters. The standard InChI is InChI=1S/C9H11ClOS/c1-6(11)9-7(10)4-3-5-8(9)12-2/h3-6,11H,1-2H3. The van der Waals surface area contributed by atoms with Gasteiger partial charge in [-0.15, -0.1) is 11.8 Å². The van der Waals surface area contributed by atoms with Gasteiger partial charge in [-0.25, -0.2) is 0 Å². The summed E-state index contributed by atoms with van der Waals surface area (Å²) < 4.78 is 0. The lowest BCUT2D eigenvalue weighted by Crippen LogP contribution is -1.94. The molecular formula is C9H11ClOS. The summed E-state index contributed by atoms with van der Waals surface area (Å²) in [7, 11) is 0. The molecule has 0 aliphatic carbocycles. The highest BCUT2D eigenvalue weighted by Gasteiger charge is 2.10. The first-order chi connectivity index (χ1) is 5.66. The van der Waals surface area contributed by atoms with Crippen LogP contribution in [0.2, 0.25) is 5.02 Å². The third kappa shape index (κ3) is 1.94. The molecule has 0 spiro atoms. The van der Waals surface area contributed by atoms with Gasteiger partial charge < -0.3 is 5.11 Å². The van der Waals surface area contributed by atoms with Gasteiger partial charge in [-0.3, -0.25) is 0 Å². The molecule has 0 amide bonds. The molecule has 0 aliphatic heterocycles. The van der Waals surface area contributed by atoms with E-state index in [4.69, 9.17) is 11.6 Å². The summed E-state index contributed by atoms with van der Waals surface area (Å²) in [5.74, 6) is 0. The molecule has 0 aromatic heterocycles. The van der Waals surface area contributed by atoms with E-state index in [-0.39, 0.29) is 0 Å². The zero-order valence-electron chi connectivity index (χ0n) is 7.04. The summed E-state index contributed by atoms with van der Waals surface area (Å²) in [6.45, 7) is 1.72. The van der Waals surface area contributed by atoms with E-state index in [2.05, 4.69) is 0 Å². The molecule has 3 heteroatoms. The predicted octanol–water partition coefficient (Wildman–Crippen LogP) is 3.12. The lowest BCUT2D eigenvalue weighted by atomic mass is 10.1. The van der Waals surface area contributed by atoms with Gasteiger partial charge in [-0.1, -0.05) is 17.7 Å². The normalized spacial score (nSPS) is 13.0. The number of aliphatic hydroxyl groups is 1. The van der Waals surface area contributed by atoms with Crippen molar-refractivity contribution >= 4 is 23.4 Å². The first-order valence-corrected chi connectivity index (χ1v) is 5.27. The van der Waals surface area contributed by atoms with Crippen LogP contribution in [0.1, 0.15) is 18.6 Å². The number of hydrogen-bond donors (Lipinski definition) is 1. The third-order valence-corrected chi connectivity index (χ3v) is 2.78. The Hall–Kier alpha value is -0.180. The Bertz CT molecular complexity index is 273. The summed E-state index contributed by atoms with van der Waals surface area (Å²) in [5.41, 5.74) is 0.826. The Morgan fingerprint density at radius 1 is 1.50 bits per heavy atom. The second kappa shape index (κ2) is 4.17. The van der Waals surface area contributed by atoms with Crippen molar-refractivity contribution in [3.8, 4) is 0 Å². The Balaban J connectivity index is 3.20. The average molecular weight is 203 g/mol. The lowest BCUT2D eigenvalue weighted by Gasteiger charge is -2.11. The maximum atomic E-state index is 9.42. The fourth-order valence-corrected chi connectivity index (χ4v) is 2.20. The molecule has 1 rings (SSSR count). The topological polar surface area (TPSA) is 20.2 Å². The Morgan fingerprint density at radius 2 is 2.17 bits per heavy atom. The van der Waals surface area contributed by atoms with Gasteiger partial charge >= 0.3 is 0 Å². The van der Waals surface area contributed by atoms with E-state index < -0.39 is 6.10 Å². The maximum absolute atomic E-state index is 9.42. The van der Waals surface area contributed by atoms with Gasteiger partial charge in [0.15, 0.2) is 0 Å². The van der Waals surface area contributed by atoms with Crippen LogP contribution in [-0.4, -0.2) is 11.4 Å². The van der Waals surface area contributed by atoms with Gasteiger partial charge in [-0.2, -0.15) is 0 Å². The molecule has 0 aliphatic rings. The van der Waals surface area contributed by atoms with Crippen molar-refractivity contribution in [2.45, 2.75) is 17.9 Å². The summed E-state index contributed by atoms with van der Waals surface area (Å²) in [6, 6.07) is 5.64. The van der Waals surface area contributed by atoms with Crippen LogP contribution in [0.4, 0.5) is 0 Å². The minimum absolute atomic E-state index is 0.499. The van der Waals surface area contributed by atoms with Crippen molar-refractivity contribution in [2.75, 3.05) is 6.26 Å². The maximum Gasteiger partial charge on any atom is 0.0787 e. The number of rotatable bonds is 2. The van der Waals surface area contributed by atoms with Crippen LogP contribution in [0.15, 0.2) is 23.1 Å². The van der Waals surface area contributed by atoms with E-state index in [9.17, 15) is 5.11 Å². The number of aliphatic hydroxyl groups excluding tert-OH is 1. The fraction of sp³-hybridized carbons (Fsp3) is 0.333. The number of hydrogen-bond acceptors (Lipinski definition) is 2. The largest absolute Gasteiger partial charge is 0.389 e. The molecule has 0 heterocycles. The molecule has 0 radical (unpaired) electrons. The van der Waals surface area contributed by atoms with Crippen molar-refractivity contribution in [3.05, 3.63) is 28.8 Å². The van der Waals surface area contributed by atoms with Crippen LogP contribution in [0, 0.1) is 0 Å². The van der Waals surface area contributed by atoms with Gasteiger partial charge in [0.25, 0.3) is 0 Å². The summed E-state index contributed by atoms with van der Waals surface area (Å²) in [4.78, 5) is 1.04. The molecule has 1 N–H and O–H groups in total. The molecule has 0 fully saturated rings. The highest BCUT2D eigenvalue weighted by atomic mass is 35.5. The van der Waals surface area contributed by atoms with Crippen molar-refractivity contribution in [1.29, 1.82) is 0 Å². The molecule has 0 saturated heterocycles. The van der Waals surface area contributed by atoms with Gasteiger partial charge in [-0.05, 0) is 25.3 Å². The van der Waals surface area contributed by atoms with Crippen LogP contribution in [0.25, 0.3) is 0 Å². The number of thioether (sulfide) groups is 1. The first kappa shape index (κ1) is 9.90. The molecule has 0 bridgehead atoms. The fourth-order valence-electron chi connectivity index (χ4n) is 1.10. The third-order valence-electron chi connectivity index (χ3n) is 1.65. The van der Waals surface area contributed by atoms with Crippen molar-refractivity contribution in [3.63, 3.8) is 0 Å². The molecule has 1 aromatic carbocycles. The van der Waals surface area contributed by atoms with Crippen LogP contribution < -0.4 is 0 Å². The molecule has 66 valence electrons. The van der Waals surface area contributed by atoms with Crippen LogP contribution in [0.3, 0.4) is 0 Å². The number of halogens is 1. The summed E-state index contributed by atoms with van der Waals surface area (Å²) in [6.07, 6.45) is 1.47. The highest BCUT2D eigenvalue weighted by molar-refractivity contribution is 7.98. The minimum Gasteiger partial charge on any atom is -0.389 e. The molecule has 1 atom stereocenters. The van der Waals surface area contributed by atoms with Gasteiger partial charge in [0.2, 0.25) is 0 Å². The highest BCUT2D eigenvalue weighted by Crippen LogP contribution is 2.31. The Kier molecular flexibility index (Phi) is 3.44. The second-order valence-corrected chi connectivity index (χ2v) is 3.79. The summed E-state index contributed by atoms with van der Waals surface area (Å²) >= 11 is 7.52. The van der Waals surface area contributed by atoms with Crippen LogP contribution >= 0.6 is 23.4 Å². The van der Waals surface area contributed by atoms with Crippen LogP contribution in [-0.2, 0) is 0 Å². The molecule has 1 nitrogen and oxygen atoms in total. The average Bonchev–Trinajstić information content (AvgIpc) is 2.03. The van der Waals surface area contributed by atoms with Gasteiger partial charge in [0, 0.05) is 15.5 Å². The van der Waals surface area contributed by atoms with Gasteiger partial charge in [0.1, 0.15) is 0 Å². The van der Waals surface area contributed by atoms with Crippen molar-refractivity contribution in [1.82, 2.24) is 0 Å². The monoisotopic (exact) mass is 202 g/mol. The molecule has 0 saturated carbocycles. The first-order valence-electron chi connectivity index (χ1n) is 3.67.